The van der Waals surface area contributed by atoms with Gasteiger partial charge in [0.25, 0.3) is 0 Å². The summed E-state index contributed by atoms with van der Waals surface area (Å²) in [6.45, 7) is 4.93. The van der Waals surface area contributed by atoms with Gasteiger partial charge < -0.3 is 9.84 Å². The molecule has 0 atom stereocenters. The van der Waals surface area contributed by atoms with Crippen molar-refractivity contribution in [3.63, 3.8) is 0 Å². The molecule has 1 N–H and O–H groups in total. The van der Waals surface area contributed by atoms with Gasteiger partial charge in [-0.15, -0.1) is 0 Å². The van der Waals surface area contributed by atoms with Gasteiger partial charge in [-0.3, -0.25) is 4.90 Å². The van der Waals surface area contributed by atoms with Crippen LogP contribution < -0.4 is 0 Å². The molecule has 1 aliphatic heterocycles. The molecule has 0 aliphatic carbocycles. The molecule has 1 aromatic carbocycles. The van der Waals surface area contributed by atoms with Gasteiger partial charge in [-0.1, -0.05) is 23.7 Å². The smallest absolute Gasteiger partial charge is 0.0469 e. The van der Waals surface area contributed by atoms with Crippen LogP contribution in [0.5, 0.6) is 0 Å². The van der Waals surface area contributed by atoms with Gasteiger partial charge in [0.05, 0.1) is 0 Å². The van der Waals surface area contributed by atoms with Crippen molar-refractivity contribution in [1.29, 1.82) is 0 Å². The average Bonchev–Trinajstić information content (AvgIpc) is 2.46. The molecule has 1 heterocycles. The van der Waals surface area contributed by atoms with Crippen LogP contribution in [-0.4, -0.2) is 42.9 Å². The highest BCUT2D eigenvalue weighted by molar-refractivity contribution is 6.30. The molecule has 0 amide bonds. The number of hydrogen-bond donors (Lipinski definition) is 1. The molecular weight excluding hydrogens is 274 g/mol. The molecule has 112 valence electrons. The van der Waals surface area contributed by atoms with Crippen LogP contribution >= 0.6 is 11.6 Å². The zero-order chi connectivity index (χ0) is 14.2. The number of benzene rings is 1. The van der Waals surface area contributed by atoms with Gasteiger partial charge in [-0.05, 0) is 42.9 Å². The van der Waals surface area contributed by atoms with Gasteiger partial charge in [0, 0.05) is 44.5 Å². The highest BCUT2D eigenvalue weighted by Gasteiger charge is 2.17. The number of halogens is 1. The summed E-state index contributed by atoms with van der Waals surface area (Å²) in [6, 6.07) is 8.04. The fourth-order valence-corrected chi connectivity index (χ4v) is 2.93. The summed E-state index contributed by atoms with van der Waals surface area (Å²) in [5, 5.41) is 9.85. The molecule has 1 aromatic rings. The second kappa shape index (κ2) is 8.63. The predicted molar refractivity (Wildman–Crippen MR) is 82.0 cm³/mol. The molecule has 0 radical (unpaired) electrons. The monoisotopic (exact) mass is 297 g/mol. The van der Waals surface area contributed by atoms with Crippen LogP contribution in [0.1, 0.15) is 24.8 Å². The number of aliphatic hydroxyl groups is 1. The Kier molecular flexibility index (Phi) is 6.80. The van der Waals surface area contributed by atoms with Crippen LogP contribution in [0.3, 0.4) is 0 Å². The minimum atomic E-state index is 0.250. The van der Waals surface area contributed by atoms with E-state index in [2.05, 4.69) is 11.0 Å². The van der Waals surface area contributed by atoms with E-state index in [4.69, 9.17) is 21.4 Å². The molecule has 20 heavy (non-hydrogen) atoms. The Labute approximate surface area is 126 Å². The summed E-state index contributed by atoms with van der Waals surface area (Å²) in [5.74, 6) is 0.710. The molecule has 0 bridgehead atoms. The quantitative estimate of drug-likeness (QED) is 0.840. The molecule has 1 saturated heterocycles. The van der Waals surface area contributed by atoms with Crippen LogP contribution in [0, 0.1) is 5.92 Å². The van der Waals surface area contributed by atoms with Crippen LogP contribution in [0.4, 0.5) is 0 Å². The van der Waals surface area contributed by atoms with E-state index in [1.54, 1.807) is 0 Å². The number of aliphatic hydroxyl groups excluding tert-OH is 1. The summed E-state index contributed by atoms with van der Waals surface area (Å²) >= 11 is 6.05. The van der Waals surface area contributed by atoms with Crippen molar-refractivity contribution in [2.75, 3.05) is 32.9 Å². The number of nitrogens with zero attached hydrogens (tertiary/aromatic N) is 1. The van der Waals surface area contributed by atoms with Crippen molar-refractivity contribution in [3.8, 4) is 0 Å². The molecule has 4 heteroatoms. The second-order valence-corrected chi connectivity index (χ2v) is 5.93. The number of ether oxygens (including phenoxy) is 1. The highest BCUT2D eigenvalue weighted by atomic mass is 35.5. The Hall–Kier alpha value is -0.610. The first kappa shape index (κ1) is 15.8. The summed E-state index contributed by atoms with van der Waals surface area (Å²) in [6.07, 6.45) is 3.11. The molecule has 2 rings (SSSR count). The summed E-state index contributed by atoms with van der Waals surface area (Å²) < 4.78 is 5.42. The average molecular weight is 298 g/mol. The van der Waals surface area contributed by atoms with Crippen LogP contribution in [0.2, 0.25) is 5.02 Å². The maximum atomic E-state index is 9.06. The van der Waals surface area contributed by atoms with E-state index in [-0.39, 0.29) is 6.61 Å². The van der Waals surface area contributed by atoms with Gasteiger partial charge >= 0.3 is 0 Å². The zero-order valence-electron chi connectivity index (χ0n) is 11.9. The van der Waals surface area contributed by atoms with Crippen LogP contribution in [-0.2, 0) is 11.3 Å². The summed E-state index contributed by atoms with van der Waals surface area (Å²) in [5.41, 5.74) is 1.24. The SMILES string of the molecule is OCCCN(Cc1cccc(Cl)c1)CC1CCOCC1. The molecule has 0 aromatic heterocycles. The second-order valence-electron chi connectivity index (χ2n) is 5.50. The van der Waals surface area contributed by atoms with Gasteiger partial charge in [0.2, 0.25) is 0 Å². The Bertz CT molecular complexity index is 394. The predicted octanol–water partition coefficient (Wildman–Crippen LogP) is 2.95. The Morgan fingerprint density at radius 1 is 1.30 bits per heavy atom. The fourth-order valence-electron chi connectivity index (χ4n) is 2.72. The third kappa shape index (κ3) is 5.41. The maximum absolute atomic E-state index is 9.06. The summed E-state index contributed by atoms with van der Waals surface area (Å²) in [7, 11) is 0. The largest absolute Gasteiger partial charge is 0.396 e. The lowest BCUT2D eigenvalue weighted by Gasteiger charge is -2.29. The minimum absolute atomic E-state index is 0.250. The van der Waals surface area contributed by atoms with Crippen molar-refractivity contribution in [3.05, 3.63) is 34.9 Å². The molecule has 1 fully saturated rings. The molecule has 0 saturated carbocycles. The van der Waals surface area contributed by atoms with E-state index < -0.39 is 0 Å². The third-order valence-electron chi connectivity index (χ3n) is 3.78. The van der Waals surface area contributed by atoms with Crippen molar-refractivity contribution in [2.24, 2.45) is 5.92 Å². The number of hydrogen-bond acceptors (Lipinski definition) is 3. The van der Waals surface area contributed by atoms with Gasteiger partial charge in [-0.2, -0.15) is 0 Å². The molecular formula is C16H24ClNO2. The van der Waals surface area contributed by atoms with Gasteiger partial charge in [-0.25, -0.2) is 0 Å². The van der Waals surface area contributed by atoms with E-state index in [1.165, 1.54) is 5.56 Å². The van der Waals surface area contributed by atoms with Gasteiger partial charge in [0.1, 0.15) is 0 Å². The topological polar surface area (TPSA) is 32.7 Å². The first-order valence-corrected chi connectivity index (χ1v) is 7.81. The van der Waals surface area contributed by atoms with E-state index in [0.29, 0.717) is 5.92 Å². The van der Waals surface area contributed by atoms with E-state index in [1.807, 2.05) is 18.2 Å². The van der Waals surface area contributed by atoms with Crippen molar-refractivity contribution >= 4 is 11.6 Å². The number of rotatable bonds is 7. The minimum Gasteiger partial charge on any atom is -0.396 e. The first-order valence-electron chi connectivity index (χ1n) is 7.43. The Morgan fingerprint density at radius 2 is 2.10 bits per heavy atom. The lowest BCUT2D eigenvalue weighted by molar-refractivity contribution is 0.0504. The maximum Gasteiger partial charge on any atom is 0.0469 e. The molecule has 3 nitrogen and oxygen atoms in total. The molecule has 0 unspecified atom stereocenters. The van der Waals surface area contributed by atoms with Gasteiger partial charge in [0.15, 0.2) is 0 Å². The lowest BCUT2D eigenvalue weighted by atomic mass is 9.99. The van der Waals surface area contributed by atoms with E-state index in [9.17, 15) is 0 Å². The van der Waals surface area contributed by atoms with Crippen LogP contribution in [0.25, 0.3) is 0 Å². The molecule has 1 aliphatic rings. The highest BCUT2D eigenvalue weighted by Crippen LogP contribution is 2.19. The Balaban J connectivity index is 1.91. The molecule has 0 spiro atoms. The normalized spacial score (nSPS) is 16.8. The third-order valence-corrected chi connectivity index (χ3v) is 4.02. The van der Waals surface area contributed by atoms with Crippen molar-refractivity contribution in [1.82, 2.24) is 4.90 Å². The fraction of sp³-hybridized carbons (Fsp3) is 0.625. The van der Waals surface area contributed by atoms with E-state index >= 15 is 0 Å². The first-order chi connectivity index (χ1) is 9.78. The van der Waals surface area contributed by atoms with Crippen molar-refractivity contribution in [2.45, 2.75) is 25.8 Å². The van der Waals surface area contributed by atoms with Crippen molar-refractivity contribution < 1.29 is 9.84 Å². The van der Waals surface area contributed by atoms with E-state index in [0.717, 1.165) is 57.1 Å². The van der Waals surface area contributed by atoms with Crippen LogP contribution in [0.15, 0.2) is 24.3 Å². The summed E-state index contributed by atoms with van der Waals surface area (Å²) in [4.78, 5) is 2.43. The zero-order valence-corrected chi connectivity index (χ0v) is 12.7. The Morgan fingerprint density at radius 3 is 2.80 bits per heavy atom. The lowest BCUT2D eigenvalue weighted by Crippen LogP contribution is -2.33. The standard InChI is InChI=1S/C16H24ClNO2/c17-16-4-1-3-15(11-16)13-18(7-2-8-19)12-14-5-9-20-10-6-14/h1,3-4,11,14,19H,2,5-10,12-13H2.